The number of hydrogen-bond acceptors (Lipinski definition) is 4. The summed E-state index contributed by atoms with van der Waals surface area (Å²) in [7, 11) is 1.86. The highest BCUT2D eigenvalue weighted by molar-refractivity contribution is 5.52. The lowest BCUT2D eigenvalue weighted by molar-refractivity contribution is -0.385. The minimum atomic E-state index is -0.359. The monoisotopic (exact) mass is 260 g/mol. The van der Waals surface area contributed by atoms with Crippen molar-refractivity contribution < 1.29 is 4.92 Å². The van der Waals surface area contributed by atoms with Gasteiger partial charge >= 0.3 is 0 Å². The van der Waals surface area contributed by atoms with Gasteiger partial charge in [-0.3, -0.25) is 10.1 Å². The van der Waals surface area contributed by atoms with Crippen LogP contribution in [0, 0.1) is 24.0 Å². The van der Waals surface area contributed by atoms with Gasteiger partial charge in [0.05, 0.1) is 16.3 Å². The van der Waals surface area contributed by atoms with Crippen molar-refractivity contribution in [3.8, 4) is 5.69 Å². The highest BCUT2D eigenvalue weighted by Gasteiger charge is 2.14. The quantitative estimate of drug-likeness (QED) is 0.675. The Labute approximate surface area is 111 Å². The van der Waals surface area contributed by atoms with Crippen molar-refractivity contribution in [2.24, 2.45) is 0 Å². The van der Waals surface area contributed by atoms with Gasteiger partial charge in [-0.1, -0.05) is 0 Å². The molecule has 0 amide bonds. The van der Waals surface area contributed by atoms with Crippen LogP contribution in [0.5, 0.6) is 0 Å². The SMILES string of the molecule is CNCc1ccn(-c2cc(C)c([N+](=O)[O-])cc2C)n1. The van der Waals surface area contributed by atoms with Gasteiger partial charge in [0, 0.05) is 24.4 Å². The fourth-order valence-electron chi connectivity index (χ4n) is 2.00. The van der Waals surface area contributed by atoms with Crippen LogP contribution in [0.2, 0.25) is 0 Å². The molecule has 2 aromatic rings. The molecule has 0 radical (unpaired) electrons. The first kappa shape index (κ1) is 13.2. The van der Waals surface area contributed by atoms with Crippen molar-refractivity contribution >= 4 is 5.69 Å². The van der Waals surface area contributed by atoms with E-state index in [1.165, 1.54) is 0 Å². The van der Waals surface area contributed by atoms with Crippen LogP contribution >= 0.6 is 0 Å². The first-order valence-corrected chi connectivity index (χ1v) is 5.98. The Morgan fingerprint density at radius 3 is 2.74 bits per heavy atom. The average molecular weight is 260 g/mol. The minimum Gasteiger partial charge on any atom is -0.314 e. The normalized spacial score (nSPS) is 10.7. The second kappa shape index (κ2) is 5.19. The van der Waals surface area contributed by atoms with E-state index >= 15 is 0 Å². The van der Waals surface area contributed by atoms with E-state index < -0.39 is 0 Å². The lowest BCUT2D eigenvalue weighted by atomic mass is 10.1. The molecule has 0 aliphatic carbocycles. The zero-order chi connectivity index (χ0) is 14.0. The number of aromatic nitrogens is 2. The van der Waals surface area contributed by atoms with E-state index in [2.05, 4.69) is 10.4 Å². The van der Waals surface area contributed by atoms with Crippen molar-refractivity contribution in [2.75, 3.05) is 7.05 Å². The molecule has 0 saturated carbocycles. The van der Waals surface area contributed by atoms with E-state index in [1.54, 1.807) is 23.7 Å². The zero-order valence-corrected chi connectivity index (χ0v) is 11.2. The van der Waals surface area contributed by atoms with E-state index in [-0.39, 0.29) is 10.6 Å². The molecule has 19 heavy (non-hydrogen) atoms. The Morgan fingerprint density at radius 2 is 2.11 bits per heavy atom. The van der Waals surface area contributed by atoms with E-state index in [0.29, 0.717) is 12.1 Å². The Balaban J connectivity index is 2.44. The third kappa shape index (κ3) is 2.63. The van der Waals surface area contributed by atoms with Gasteiger partial charge in [-0.05, 0) is 38.6 Å². The molecule has 0 unspecified atom stereocenters. The summed E-state index contributed by atoms with van der Waals surface area (Å²) in [5, 5.41) is 18.4. The van der Waals surface area contributed by atoms with Crippen LogP contribution in [-0.4, -0.2) is 21.8 Å². The predicted octanol–water partition coefficient (Wildman–Crippen LogP) is 2.12. The summed E-state index contributed by atoms with van der Waals surface area (Å²) in [6.07, 6.45) is 1.86. The van der Waals surface area contributed by atoms with Gasteiger partial charge in [0.2, 0.25) is 0 Å². The topological polar surface area (TPSA) is 73.0 Å². The fourth-order valence-corrected chi connectivity index (χ4v) is 2.00. The van der Waals surface area contributed by atoms with Crippen LogP contribution in [0.3, 0.4) is 0 Å². The van der Waals surface area contributed by atoms with E-state index in [1.807, 2.05) is 26.2 Å². The Bertz CT molecular complexity index is 619. The van der Waals surface area contributed by atoms with Crippen LogP contribution in [0.4, 0.5) is 5.69 Å². The molecule has 6 heteroatoms. The first-order chi connectivity index (χ1) is 9.02. The smallest absolute Gasteiger partial charge is 0.272 e. The molecule has 0 saturated heterocycles. The van der Waals surface area contributed by atoms with Crippen LogP contribution in [0.1, 0.15) is 16.8 Å². The molecule has 0 aliphatic rings. The van der Waals surface area contributed by atoms with Crippen molar-refractivity contribution in [2.45, 2.75) is 20.4 Å². The molecule has 1 N–H and O–H groups in total. The van der Waals surface area contributed by atoms with Crippen molar-refractivity contribution in [1.82, 2.24) is 15.1 Å². The Hall–Kier alpha value is -2.21. The molecule has 1 aromatic carbocycles. The maximum Gasteiger partial charge on any atom is 0.272 e. The highest BCUT2D eigenvalue weighted by Crippen LogP contribution is 2.24. The van der Waals surface area contributed by atoms with E-state index in [0.717, 1.165) is 16.9 Å². The summed E-state index contributed by atoms with van der Waals surface area (Å²) >= 11 is 0. The Morgan fingerprint density at radius 1 is 1.37 bits per heavy atom. The molecule has 6 nitrogen and oxygen atoms in total. The largest absolute Gasteiger partial charge is 0.314 e. The second-order valence-electron chi connectivity index (χ2n) is 4.46. The van der Waals surface area contributed by atoms with Crippen molar-refractivity contribution in [1.29, 1.82) is 0 Å². The summed E-state index contributed by atoms with van der Waals surface area (Å²) in [6, 6.07) is 5.31. The molecule has 2 rings (SSSR count). The van der Waals surface area contributed by atoms with Gasteiger partial charge in [0.25, 0.3) is 5.69 Å². The maximum atomic E-state index is 10.9. The van der Waals surface area contributed by atoms with E-state index in [4.69, 9.17) is 0 Å². The van der Waals surface area contributed by atoms with Gasteiger partial charge in [-0.25, -0.2) is 4.68 Å². The van der Waals surface area contributed by atoms with Crippen molar-refractivity contribution in [3.05, 3.63) is 51.3 Å². The molecule has 1 aromatic heterocycles. The molecular weight excluding hydrogens is 244 g/mol. The zero-order valence-electron chi connectivity index (χ0n) is 11.2. The number of rotatable bonds is 4. The van der Waals surface area contributed by atoms with Gasteiger partial charge in [0.1, 0.15) is 0 Å². The standard InChI is InChI=1S/C13H16N4O2/c1-9-7-13(17(18)19)10(2)6-12(9)16-5-4-11(15-16)8-14-3/h4-7,14H,8H2,1-3H3. The second-order valence-corrected chi connectivity index (χ2v) is 4.46. The fraction of sp³-hybridized carbons (Fsp3) is 0.308. The maximum absolute atomic E-state index is 10.9. The van der Waals surface area contributed by atoms with Gasteiger partial charge in [-0.15, -0.1) is 0 Å². The molecule has 1 heterocycles. The molecule has 0 bridgehead atoms. The lowest BCUT2D eigenvalue weighted by Crippen LogP contribution is -2.07. The highest BCUT2D eigenvalue weighted by atomic mass is 16.6. The number of benzene rings is 1. The molecule has 0 atom stereocenters. The third-order valence-corrected chi connectivity index (χ3v) is 2.96. The number of nitrogens with zero attached hydrogens (tertiary/aromatic N) is 3. The van der Waals surface area contributed by atoms with Crippen LogP contribution in [-0.2, 0) is 6.54 Å². The van der Waals surface area contributed by atoms with Crippen LogP contribution in [0.25, 0.3) is 5.69 Å². The van der Waals surface area contributed by atoms with Crippen LogP contribution < -0.4 is 5.32 Å². The van der Waals surface area contributed by atoms with Crippen molar-refractivity contribution in [3.63, 3.8) is 0 Å². The van der Waals surface area contributed by atoms with Gasteiger partial charge in [-0.2, -0.15) is 5.10 Å². The third-order valence-electron chi connectivity index (χ3n) is 2.96. The number of aryl methyl sites for hydroxylation is 2. The van der Waals surface area contributed by atoms with Gasteiger partial charge in [0.15, 0.2) is 0 Å². The molecule has 0 fully saturated rings. The number of hydrogen-bond donors (Lipinski definition) is 1. The molecule has 0 spiro atoms. The van der Waals surface area contributed by atoms with Crippen LogP contribution in [0.15, 0.2) is 24.4 Å². The predicted molar refractivity (Wildman–Crippen MR) is 72.5 cm³/mol. The summed E-state index contributed by atoms with van der Waals surface area (Å²) < 4.78 is 1.75. The first-order valence-electron chi connectivity index (χ1n) is 5.98. The molecule has 100 valence electrons. The summed E-state index contributed by atoms with van der Waals surface area (Å²) in [5.74, 6) is 0. The summed E-state index contributed by atoms with van der Waals surface area (Å²) in [6.45, 7) is 4.28. The number of nitrogens with one attached hydrogen (secondary N) is 1. The molecular formula is C13H16N4O2. The van der Waals surface area contributed by atoms with E-state index in [9.17, 15) is 10.1 Å². The average Bonchev–Trinajstić information content (AvgIpc) is 2.80. The minimum absolute atomic E-state index is 0.142. The number of nitro benzene ring substituents is 1. The lowest BCUT2D eigenvalue weighted by Gasteiger charge is -2.08. The molecule has 0 aliphatic heterocycles. The Kier molecular flexibility index (Phi) is 3.62. The summed E-state index contributed by atoms with van der Waals surface area (Å²) in [5.41, 5.74) is 3.40. The number of nitro groups is 1. The summed E-state index contributed by atoms with van der Waals surface area (Å²) in [4.78, 5) is 10.5. The van der Waals surface area contributed by atoms with Gasteiger partial charge < -0.3 is 5.32 Å².